The summed E-state index contributed by atoms with van der Waals surface area (Å²) in [4.78, 5) is 25.2. The zero-order valence-electron chi connectivity index (χ0n) is 12.1. The molecule has 0 radical (unpaired) electrons. The van der Waals surface area contributed by atoms with Crippen molar-refractivity contribution in [3.05, 3.63) is 71.8 Å². The topological polar surface area (TPSA) is 37.4 Å². The lowest BCUT2D eigenvalue weighted by Gasteiger charge is -2.24. The summed E-state index contributed by atoms with van der Waals surface area (Å²) >= 11 is 0. The third-order valence-electron chi connectivity index (χ3n) is 3.57. The summed E-state index contributed by atoms with van der Waals surface area (Å²) in [5, 5.41) is 0. The maximum atomic E-state index is 12.4. The van der Waals surface area contributed by atoms with E-state index in [9.17, 15) is 9.59 Å². The van der Waals surface area contributed by atoms with Gasteiger partial charge in [0.15, 0.2) is 5.78 Å². The molecule has 0 aromatic heterocycles. The molecule has 0 heterocycles. The van der Waals surface area contributed by atoms with E-state index >= 15 is 0 Å². The van der Waals surface area contributed by atoms with Crippen molar-refractivity contribution in [3.8, 4) is 0 Å². The molecule has 0 aliphatic heterocycles. The molecule has 0 saturated heterocycles. The molecule has 1 atom stereocenters. The third kappa shape index (κ3) is 4.02. The van der Waals surface area contributed by atoms with Gasteiger partial charge >= 0.3 is 0 Å². The summed E-state index contributed by atoms with van der Waals surface area (Å²) in [5.74, 6) is -0.0317. The van der Waals surface area contributed by atoms with E-state index in [4.69, 9.17) is 0 Å². The van der Waals surface area contributed by atoms with Crippen LogP contribution in [0.2, 0.25) is 0 Å². The first-order valence-electron chi connectivity index (χ1n) is 7.06. The maximum absolute atomic E-state index is 12.4. The molecule has 1 unspecified atom stereocenters. The Bertz CT molecular complexity index is 581. The number of hydrogen-bond acceptors (Lipinski definition) is 2. The molecule has 0 aliphatic rings. The van der Waals surface area contributed by atoms with E-state index in [2.05, 4.69) is 0 Å². The first-order valence-corrected chi connectivity index (χ1v) is 7.06. The Morgan fingerprint density at radius 2 is 1.62 bits per heavy atom. The van der Waals surface area contributed by atoms with Gasteiger partial charge in [0.05, 0.1) is 6.04 Å². The van der Waals surface area contributed by atoms with Crippen molar-refractivity contribution in [1.29, 1.82) is 0 Å². The number of carbonyl (C=O) groups excluding carboxylic acids is 2. The van der Waals surface area contributed by atoms with Crippen molar-refractivity contribution in [2.24, 2.45) is 0 Å². The Morgan fingerprint density at radius 3 is 2.19 bits per heavy atom. The molecule has 3 nitrogen and oxygen atoms in total. The van der Waals surface area contributed by atoms with Crippen LogP contribution in [0.15, 0.2) is 60.7 Å². The summed E-state index contributed by atoms with van der Waals surface area (Å²) in [7, 11) is 0. The predicted octanol–water partition coefficient (Wildman–Crippen LogP) is 2.96. The van der Waals surface area contributed by atoms with Crippen LogP contribution >= 0.6 is 0 Å². The smallest absolute Gasteiger partial charge is 0.210 e. The molecule has 21 heavy (non-hydrogen) atoms. The van der Waals surface area contributed by atoms with Gasteiger partial charge in [-0.05, 0) is 18.9 Å². The Kier molecular flexibility index (Phi) is 5.27. The van der Waals surface area contributed by atoms with E-state index in [1.54, 1.807) is 24.0 Å². The molecule has 0 N–H and O–H groups in total. The minimum Gasteiger partial charge on any atom is -0.335 e. The number of carbonyl (C=O) groups is 2. The molecule has 0 fully saturated rings. The number of amides is 1. The monoisotopic (exact) mass is 281 g/mol. The Morgan fingerprint density at radius 1 is 1.05 bits per heavy atom. The van der Waals surface area contributed by atoms with E-state index in [1.165, 1.54) is 0 Å². The molecule has 1 amide bonds. The van der Waals surface area contributed by atoms with E-state index in [0.717, 1.165) is 18.4 Å². The van der Waals surface area contributed by atoms with Crippen molar-refractivity contribution in [2.75, 3.05) is 6.54 Å². The fraction of sp³-hybridized carbons (Fsp3) is 0.222. The fourth-order valence-electron chi connectivity index (χ4n) is 2.23. The van der Waals surface area contributed by atoms with Crippen LogP contribution in [0, 0.1) is 0 Å². The second-order valence-electron chi connectivity index (χ2n) is 4.99. The summed E-state index contributed by atoms with van der Waals surface area (Å²) in [6, 6.07) is 18.6. The summed E-state index contributed by atoms with van der Waals surface area (Å²) < 4.78 is 0. The minimum atomic E-state index is -0.450. The first kappa shape index (κ1) is 15.0. The van der Waals surface area contributed by atoms with Gasteiger partial charge in [0.25, 0.3) is 0 Å². The number of rotatable bonds is 7. The van der Waals surface area contributed by atoms with Crippen molar-refractivity contribution in [3.63, 3.8) is 0 Å². The van der Waals surface area contributed by atoms with Crippen molar-refractivity contribution in [2.45, 2.75) is 19.4 Å². The molecule has 0 bridgehead atoms. The Balaban J connectivity index is 2.00. The highest BCUT2D eigenvalue weighted by molar-refractivity contribution is 6.00. The molecule has 0 aliphatic carbocycles. The summed E-state index contributed by atoms with van der Waals surface area (Å²) in [5.41, 5.74) is 1.79. The molecule has 2 rings (SSSR count). The van der Waals surface area contributed by atoms with Crippen LogP contribution in [0.3, 0.4) is 0 Å². The molecular weight excluding hydrogens is 262 g/mol. The summed E-state index contributed by atoms with van der Waals surface area (Å²) in [6.45, 7) is 2.31. The van der Waals surface area contributed by atoms with Gasteiger partial charge in [0, 0.05) is 12.1 Å². The standard InChI is InChI=1S/C18H19NO2/c1-15(18(21)17-10-6-3-7-11-17)19(14-20)13-12-16-8-4-2-5-9-16/h2-11,14-15H,12-13H2,1H3. The van der Waals surface area contributed by atoms with Crippen LogP contribution in [0.4, 0.5) is 0 Å². The van der Waals surface area contributed by atoms with E-state index in [0.29, 0.717) is 12.1 Å². The average Bonchev–Trinajstić information content (AvgIpc) is 2.56. The number of nitrogens with zero attached hydrogens (tertiary/aromatic N) is 1. The lowest BCUT2D eigenvalue weighted by Crippen LogP contribution is -2.39. The first-order chi connectivity index (χ1) is 10.2. The van der Waals surface area contributed by atoms with Crippen LogP contribution in [0.1, 0.15) is 22.8 Å². The highest BCUT2D eigenvalue weighted by Crippen LogP contribution is 2.09. The maximum Gasteiger partial charge on any atom is 0.210 e. The molecule has 3 heteroatoms. The van der Waals surface area contributed by atoms with Crippen molar-refractivity contribution in [1.82, 2.24) is 4.90 Å². The quantitative estimate of drug-likeness (QED) is 0.578. The fourth-order valence-corrected chi connectivity index (χ4v) is 2.23. The number of ketones is 1. The second-order valence-corrected chi connectivity index (χ2v) is 4.99. The Hall–Kier alpha value is -2.42. The molecule has 0 saturated carbocycles. The van der Waals surface area contributed by atoms with Crippen LogP contribution in [0.5, 0.6) is 0 Å². The van der Waals surface area contributed by atoms with Crippen LogP contribution < -0.4 is 0 Å². The van der Waals surface area contributed by atoms with Crippen LogP contribution in [-0.4, -0.2) is 29.7 Å². The van der Waals surface area contributed by atoms with Gasteiger partial charge in [-0.3, -0.25) is 9.59 Å². The van der Waals surface area contributed by atoms with Gasteiger partial charge in [-0.15, -0.1) is 0 Å². The molecule has 108 valence electrons. The van der Waals surface area contributed by atoms with Crippen LogP contribution in [0.25, 0.3) is 0 Å². The SMILES string of the molecule is CC(C(=O)c1ccccc1)N(C=O)CCc1ccccc1. The van der Waals surface area contributed by atoms with Crippen LogP contribution in [-0.2, 0) is 11.2 Å². The van der Waals surface area contributed by atoms with E-state index in [1.807, 2.05) is 48.5 Å². The summed E-state index contributed by atoms with van der Waals surface area (Å²) in [6.07, 6.45) is 1.50. The third-order valence-corrected chi connectivity index (χ3v) is 3.57. The zero-order chi connectivity index (χ0) is 15.1. The van der Waals surface area contributed by atoms with E-state index in [-0.39, 0.29) is 5.78 Å². The van der Waals surface area contributed by atoms with Gasteiger partial charge in [-0.2, -0.15) is 0 Å². The highest BCUT2D eigenvalue weighted by Gasteiger charge is 2.20. The second kappa shape index (κ2) is 7.39. The largest absolute Gasteiger partial charge is 0.335 e. The highest BCUT2D eigenvalue weighted by atomic mass is 16.1. The van der Waals surface area contributed by atoms with E-state index < -0.39 is 6.04 Å². The van der Waals surface area contributed by atoms with Crippen molar-refractivity contribution >= 4 is 12.2 Å². The number of Topliss-reactive ketones (excluding diaryl/α,β-unsaturated/α-hetero) is 1. The lowest BCUT2D eigenvalue weighted by atomic mass is 10.0. The molecule has 2 aromatic carbocycles. The number of hydrogen-bond donors (Lipinski definition) is 0. The van der Waals surface area contributed by atoms with Gasteiger partial charge in [-0.25, -0.2) is 0 Å². The number of benzene rings is 2. The van der Waals surface area contributed by atoms with Gasteiger partial charge in [-0.1, -0.05) is 60.7 Å². The average molecular weight is 281 g/mol. The normalized spacial score (nSPS) is 11.7. The van der Waals surface area contributed by atoms with Crippen molar-refractivity contribution < 1.29 is 9.59 Å². The molecule has 0 spiro atoms. The molecule has 2 aromatic rings. The minimum absolute atomic E-state index is 0.0317. The van der Waals surface area contributed by atoms with Gasteiger partial charge in [0.1, 0.15) is 0 Å². The lowest BCUT2D eigenvalue weighted by molar-refractivity contribution is -0.119. The Labute approximate surface area is 125 Å². The zero-order valence-corrected chi connectivity index (χ0v) is 12.1. The van der Waals surface area contributed by atoms with Gasteiger partial charge < -0.3 is 4.90 Å². The van der Waals surface area contributed by atoms with Gasteiger partial charge in [0.2, 0.25) is 6.41 Å². The predicted molar refractivity (Wildman–Crippen MR) is 83.2 cm³/mol. The molecular formula is C18H19NO2.